The minimum absolute atomic E-state index is 0.161. The van der Waals surface area contributed by atoms with Crippen LogP contribution in [0, 0.1) is 6.92 Å². The Morgan fingerprint density at radius 2 is 2.21 bits per heavy atom. The van der Waals surface area contributed by atoms with Gasteiger partial charge in [-0.05, 0) is 13.0 Å². The Bertz CT molecular complexity index is 989. The third-order valence-electron chi connectivity index (χ3n) is 4.16. The number of nitrogens with zero attached hydrogens (tertiary/aromatic N) is 1. The van der Waals surface area contributed by atoms with Gasteiger partial charge in [0, 0.05) is 12.0 Å². The van der Waals surface area contributed by atoms with Crippen LogP contribution in [0.3, 0.4) is 0 Å². The van der Waals surface area contributed by atoms with E-state index in [0.29, 0.717) is 18.8 Å². The standard InChI is InChI=1S/C17H15N3O4/c1-9-13(14-15(21)18-8-19-17(14)24-9)16(22)20-11-6-7-23-12-5-3-2-4-10(11)12/h2-5,8,11H,6-7H2,1H3,(H,20,22)(H,18,19,21). The molecule has 122 valence electrons. The van der Waals surface area contributed by atoms with E-state index in [1.54, 1.807) is 6.92 Å². The van der Waals surface area contributed by atoms with Gasteiger partial charge in [-0.2, -0.15) is 0 Å². The lowest BCUT2D eigenvalue weighted by Gasteiger charge is -2.26. The number of amides is 1. The van der Waals surface area contributed by atoms with Crippen LogP contribution >= 0.6 is 0 Å². The molecule has 0 radical (unpaired) electrons. The molecule has 24 heavy (non-hydrogen) atoms. The number of ether oxygens (including phenoxy) is 1. The van der Waals surface area contributed by atoms with Crippen molar-refractivity contribution in [3.63, 3.8) is 0 Å². The van der Waals surface area contributed by atoms with E-state index in [0.717, 1.165) is 11.3 Å². The minimum atomic E-state index is -0.394. The second kappa shape index (κ2) is 5.52. The van der Waals surface area contributed by atoms with E-state index in [4.69, 9.17) is 9.15 Å². The highest BCUT2D eigenvalue weighted by Gasteiger charge is 2.27. The molecule has 0 saturated carbocycles. The molecule has 0 spiro atoms. The molecular weight excluding hydrogens is 310 g/mol. The van der Waals surface area contributed by atoms with E-state index < -0.39 is 5.56 Å². The molecule has 0 saturated heterocycles. The fourth-order valence-electron chi connectivity index (χ4n) is 3.05. The first kappa shape index (κ1) is 14.5. The van der Waals surface area contributed by atoms with Crippen molar-refractivity contribution in [2.24, 2.45) is 0 Å². The highest BCUT2D eigenvalue weighted by Crippen LogP contribution is 2.32. The highest BCUT2D eigenvalue weighted by molar-refractivity contribution is 6.06. The normalized spacial score (nSPS) is 16.5. The summed E-state index contributed by atoms with van der Waals surface area (Å²) in [6, 6.07) is 7.42. The molecule has 7 heteroatoms. The Kier molecular flexibility index (Phi) is 3.34. The van der Waals surface area contributed by atoms with Gasteiger partial charge in [-0.15, -0.1) is 0 Å². The third kappa shape index (κ3) is 2.25. The van der Waals surface area contributed by atoms with Crippen LogP contribution in [-0.2, 0) is 0 Å². The largest absolute Gasteiger partial charge is 0.493 e. The minimum Gasteiger partial charge on any atom is -0.493 e. The topological polar surface area (TPSA) is 97.2 Å². The smallest absolute Gasteiger partial charge is 0.262 e. The van der Waals surface area contributed by atoms with E-state index in [1.165, 1.54) is 6.33 Å². The van der Waals surface area contributed by atoms with Crippen molar-refractivity contribution < 1.29 is 13.9 Å². The summed E-state index contributed by atoms with van der Waals surface area (Å²) in [6.45, 7) is 2.17. The number of aromatic amines is 1. The molecule has 1 aromatic carbocycles. The zero-order valence-electron chi connectivity index (χ0n) is 13.0. The van der Waals surface area contributed by atoms with Crippen molar-refractivity contribution in [2.75, 3.05) is 6.61 Å². The summed E-state index contributed by atoms with van der Waals surface area (Å²) < 4.78 is 11.0. The predicted molar refractivity (Wildman–Crippen MR) is 86.1 cm³/mol. The number of carbonyl (C=O) groups is 1. The molecule has 1 amide bonds. The SMILES string of the molecule is Cc1oc2nc[nH]c(=O)c2c1C(=O)NC1CCOc2ccccc21. The molecule has 1 unspecified atom stereocenters. The number of H-pyrrole nitrogens is 1. The van der Waals surface area contributed by atoms with E-state index in [1.807, 2.05) is 24.3 Å². The monoisotopic (exact) mass is 325 g/mol. The van der Waals surface area contributed by atoms with Crippen molar-refractivity contribution in [3.05, 3.63) is 57.8 Å². The van der Waals surface area contributed by atoms with Gasteiger partial charge < -0.3 is 19.5 Å². The first-order chi connectivity index (χ1) is 11.6. The second-order valence-electron chi connectivity index (χ2n) is 5.65. The summed E-state index contributed by atoms with van der Waals surface area (Å²) in [4.78, 5) is 31.3. The van der Waals surface area contributed by atoms with E-state index in [9.17, 15) is 9.59 Å². The van der Waals surface area contributed by atoms with Crippen molar-refractivity contribution in [1.82, 2.24) is 15.3 Å². The van der Waals surface area contributed by atoms with Crippen LogP contribution in [0.15, 0.2) is 39.8 Å². The van der Waals surface area contributed by atoms with Gasteiger partial charge in [0.25, 0.3) is 11.5 Å². The number of furan rings is 1. The van der Waals surface area contributed by atoms with Gasteiger partial charge in [-0.25, -0.2) is 4.98 Å². The lowest BCUT2D eigenvalue weighted by molar-refractivity contribution is 0.0924. The maximum Gasteiger partial charge on any atom is 0.262 e. The number of hydrogen-bond donors (Lipinski definition) is 2. The molecule has 1 atom stereocenters. The van der Waals surface area contributed by atoms with E-state index in [2.05, 4.69) is 15.3 Å². The molecule has 0 fully saturated rings. The average Bonchev–Trinajstić information content (AvgIpc) is 2.92. The van der Waals surface area contributed by atoms with Crippen LogP contribution in [0.4, 0.5) is 0 Å². The van der Waals surface area contributed by atoms with Crippen LogP contribution in [0.25, 0.3) is 11.1 Å². The number of fused-ring (bicyclic) bond motifs is 2. The summed E-state index contributed by atoms with van der Waals surface area (Å²) >= 11 is 0. The number of nitrogens with one attached hydrogen (secondary N) is 2. The molecule has 1 aliphatic heterocycles. The maximum atomic E-state index is 12.8. The van der Waals surface area contributed by atoms with Gasteiger partial charge in [0.05, 0.1) is 24.5 Å². The van der Waals surface area contributed by atoms with Crippen molar-refractivity contribution in [1.29, 1.82) is 0 Å². The molecule has 2 N–H and O–H groups in total. The number of rotatable bonds is 2. The molecule has 1 aliphatic rings. The van der Waals surface area contributed by atoms with Gasteiger partial charge in [0.1, 0.15) is 16.9 Å². The fourth-order valence-corrected chi connectivity index (χ4v) is 3.05. The summed E-state index contributed by atoms with van der Waals surface area (Å²) in [6.07, 6.45) is 1.91. The molecule has 2 aromatic heterocycles. The number of hydrogen-bond acceptors (Lipinski definition) is 5. The number of aromatic nitrogens is 2. The number of para-hydroxylation sites is 1. The van der Waals surface area contributed by atoms with Crippen molar-refractivity contribution in [2.45, 2.75) is 19.4 Å². The van der Waals surface area contributed by atoms with Crippen LogP contribution in [0.1, 0.15) is 34.1 Å². The van der Waals surface area contributed by atoms with Crippen LogP contribution in [0.2, 0.25) is 0 Å². The average molecular weight is 325 g/mol. The molecule has 3 aromatic rings. The van der Waals surface area contributed by atoms with Crippen molar-refractivity contribution >= 4 is 17.0 Å². The lowest BCUT2D eigenvalue weighted by Crippen LogP contribution is -2.32. The quantitative estimate of drug-likeness (QED) is 0.752. The summed E-state index contributed by atoms with van der Waals surface area (Å²) in [7, 11) is 0. The molecule has 0 bridgehead atoms. The number of benzene rings is 1. The van der Waals surface area contributed by atoms with Gasteiger partial charge in [-0.1, -0.05) is 18.2 Å². The Morgan fingerprint density at radius 3 is 3.08 bits per heavy atom. The lowest BCUT2D eigenvalue weighted by atomic mass is 10.00. The fraction of sp³-hybridized carbons (Fsp3) is 0.235. The molecule has 0 aliphatic carbocycles. The molecule has 4 rings (SSSR count). The summed E-state index contributed by atoms with van der Waals surface area (Å²) in [5, 5.41) is 3.15. The van der Waals surface area contributed by atoms with E-state index >= 15 is 0 Å². The van der Waals surface area contributed by atoms with Gasteiger partial charge in [0.2, 0.25) is 5.71 Å². The van der Waals surface area contributed by atoms with Crippen molar-refractivity contribution in [3.8, 4) is 5.75 Å². The van der Waals surface area contributed by atoms with Gasteiger partial charge in [0.15, 0.2) is 0 Å². The molecular formula is C17H15N3O4. The second-order valence-corrected chi connectivity index (χ2v) is 5.65. The summed E-state index contributed by atoms with van der Waals surface area (Å²) in [5.74, 6) is 0.779. The number of aryl methyl sites for hydroxylation is 1. The molecule has 7 nitrogen and oxygen atoms in total. The van der Waals surface area contributed by atoms with Crippen LogP contribution in [0.5, 0.6) is 5.75 Å². The van der Waals surface area contributed by atoms with E-state index in [-0.39, 0.29) is 28.6 Å². The Hall–Kier alpha value is -3.09. The zero-order valence-corrected chi connectivity index (χ0v) is 13.0. The van der Waals surface area contributed by atoms with Crippen LogP contribution in [-0.4, -0.2) is 22.5 Å². The van der Waals surface area contributed by atoms with Gasteiger partial charge in [-0.3, -0.25) is 9.59 Å². The molecule has 3 heterocycles. The van der Waals surface area contributed by atoms with Gasteiger partial charge >= 0.3 is 0 Å². The highest BCUT2D eigenvalue weighted by atomic mass is 16.5. The first-order valence-corrected chi connectivity index (χ1v) is 7.64. The maximum absolute atomic E-state index is 12.8. The Labute approximate surface area is 136 Å². The Morgan fingerprint density at radius 1 is 1.38 bits per heavy atom. The first-order valence-electron chi connectivity index (χ1n) is 7.64. The third-order valence-corrected chi connectivity index (χ3v) is 4.16. The van der Waals surface area contributed by atoms with Crippen LogP contribution < -0.4 is 15.6 Å². The number of carbonyl (C=O) groups excluding carboxylic acids is 1. The zero-order chi connectivity index (χ0) is 16.7. The summed E-state index contributed by atoms with van der Waals surface area (Å²) in [5.41, 5.74) is 0.918. The predicted octanol–water partition coefficient (Wildman–Crippen LogP) is 2.08. The Balaban J connectivity index is 1.72.